The smallest absolute Gasteiger partial charge is 0.167 e. The number of halogens is 2. The van der Waals surface area contributed by atoms with Crippen molar-refractivity contribution in [3.05, 3.63) is 29.8 Å². The monoisotopic (exact) mass is 269 g/mol. The average molecular weight is 269 g/mol. The molecule has 1 N–H and O–H groups in total. The lowest BCUT2D eigenvalue weighted by atomic mass is 9.82. The molecule has 0 aromatic heterocycles. The van der Waals surface area contributed by atoms with Crippen molar-refractivity contribution < 1.29 is 13.5 Å². The number of hydrogen-bond acceptors (Lipinski definition) is 2. The molecule has 1 saturated carbocycles. The Hall–Kier alpha value is -1.16. The fourth-order valence-corrected chi connectivity index (χ4v) is 2.78. The van der Waals surface area contributed by atoms with Crippen molar-refractivity contribution in [1.29, 1.82) is 0 Å². The fraction of sp³-hybridized carbons (Fsp3) is 0.600. The summed E-state index contributed by atoms with van der Waals surface area (Å²) in [5.41, 5.74) is 0. The van der Waals surface area contributed by atoms with E-state index in [2.05, 4.69) is 12.2 Å². The first kappa shape index (κ1) is 14.3. The van der Waals surface area contributed by atoms with Gasteiger partial charge in [0.15, 0.2) is 11.6 Å². The Morgan fingerprint density at radius 1 is 1.32 bits per heavy atom. The van der Waals surface area contributed by atoms with Crippen LogP contribution >= 0.6 is 0 Å². The highest BCUT2D eigenvalue weighted by atomic mass is 19.1. The van der Waals surface area contributed by atoms with Crippen LogP contribution in [-0.2, 0) is 0 Å². The Labute approximate surface area is 113 Å². The van der Waals surface area contributed by atoms with Crippen LogP contribution < -0.4 is 10.1 Å². The van der Waals surface area contributed by atoms with E-state index in [1.807, 2.05) is 7.05 Å². The van der Waals surface area contributed by atoms with Gasteiger partial charge in [-0.25, -0.2) is 8.78 Å². The molecule has 4 heteroatoms. The van der Waals surface area contributed by atoms with E-state index in [4.69, 9.17) is 4.74 Å². The second-order valence-corrected chi connectivity index (χ2v) is 5.21. The predicted octanol–water partition coefficient (Wildman–Crippen LogP) is 3.51. The van der Waals surface area contributed by atoms with E-state index in [0.29, 0.717) is 5.92 Å². The zero-order chi connectivity index (χ0) is 13.8. The van der Waals surface area contributed by atoms with Crippen LogP contribution in [0, 0.1) is 17.6 Å². The zero-order valence-electron chi connectivity index (χ0n) is 11.5. The maximum absolute atomic E-state index is 13.6. The minimum atomic E-state index is -0.631. The quantitative estimate of drug-likeness (QED) is 0.903. The van der Waals surface area contributed by atoms with Crippen molar-refractivity contribution in [2.24, 2.45) is 5.92 Å². The van der Waals surface area contributed by atoms with Gasteiger partial charge in [0, 0.05) is 12.1 Å². The van der Waals surface area contributed by atoms with Gasteiger partial charge < -0.3 is 10.1 Å². The Morgan fingerprint density at radius 3 is 2.74 bits per heavy atom. The van der Waals surface area contributed by atoms with Gasteiger partial charge in [0.1, 0.15) is 11.9 Å². The van der Waals surface area contributed by atoms with Gasteiger partial charge in [-0.2, -0.15) is 0 Å². The molecule has 1 aromatic carbocycles. The minimum absolute atomic E-state index is 0.0522. The lowest BCUT2D eigenvalue weighted by Crippen LogP contribution is -2.45. The molecule has 3 atom stereocenters. The standard InChI is InChI=1S/C15H21F2NO/c1-3-10-4-6-13(18-2)15(8-10)19-14-7-5-11(16)9-12(14)17/h5,7,9-10,13,15,18H,3-4,6,8H2,1-2H3. The molecule has 1 aliphatic carbocycles. The Kier molecular flexibility index (Phi) is 4.75. The number of ether oxygens (including phenoxy) is 1. The highest BCUT2D eigenvalue weighted by Gasteiger charge is 2.30. The normalized spacial score (nSPS) is 27.3. The lowest BCUT2D eigenvalue weighted by Gasteiger charge is -2.35. The van der Waals surface area contributed by atoms with Gasteiger partial charge in [0.05, 0.1) is 0 Å². The third-order valence-electron chi connectivity index (χ3n) is 4.02. The van der Waals surface area contributed by atoms with Crippen molar-refractivity contribution in [3.63, 3.8) is 0 Å². The summed E-state index contributed by atoms with van der Waals surface area (Å²) in [6, 6.07) is 3.69. The lowest BCUT2D eigenvalue weighted by molar-refractivity contribution is 0.0844. The molecule has 2 rings (SSSR count). The number of likely N-dealkylation sites (N-methyl/N-ethyl adjacent to an activating group) is 1. The van der Waals surface area contributed by atoms with Gasteiger partial charge >= 0.3 is 0 Å². The summed E-state index contributed by atoms with van der Waals surface area (Å²) in [6.07, 6.45) is 4.18. The number of rotatable bonds is 4. The van der Waals surface area contributed by atoms with Crippen LogP contribution in [0.25, 0.3) is 0 Å². The number of nitrogens with one attached hydrogen (secondary N) is 1. The topological polar surface area (TPSA) is 21.3 Å². The molecule has 0 heterocycles. The first-order chi connectivity index (χ1) is 9.13. The molecule has 0 bridgehead atoms. The Morgan fingerprint density at radius 2 is 2.11 bits per heavy atom. The highest BCUT2D eigenvalue weighted by Crippen LogP contribution is 2.30. The molecule has 1 fully saturated rings. The maximum Gasteiger partial charge on any atom is 0.167 e. The van der Waals surface area contributed by atoms with E-state index in [0.717, 1.165) is 25.3 Å². The minimum Gasteiger partial charge on any atom is -0.486 e. The highest BCUT2D eigenvalue weighted by molar-refractivity contribution is 5.25. The van der Waals surface area contributed by atoms with Gasteiger partial charge in [0.2, 0.25) is 0 Å². The largest absolute Gasteiger partial charge is 0.486 e. The first-order valence-corrected chi connectivity index (χ1v) is 6.93. The molecule has 1 aliphatic rings. The summed E-state index contributed by atoms with van der Waals surface area (Å²) in [5, 5.41) is 3.23. The molecule has 106 valence electrons. The van der Waals surface area contributed by atoms with Crippen LogP contribution in [0.3, 0.4) is 0 Å². The van der Waals surface area contributed by atoms with Crippen LogP contribution in [0.15, 0.2) is 18.2 Å². The van der Waals surface area contributed by atoms with E-state index in [1.54, 1.807) is 0 Å². The summed E-state index contributed by atoms with van der Waals surface area (Å²) in [5.74, 6) is -0.444. The van der Waals surface area contributed by atoms with Crippen LogP contribution in [0.2, 0.25) is 0 Å². The maximum atomic E-state index is 13.6. The van der Waals surface area contributed by atoms with Crippen molar-refractivity contribution in [1.82, 2.24) is 5.32 Å². The van der Waals surface area contributed by atoms with E-state index < -0.39 is 11.6 Å². The van der Waals surface area contributed by atoms with Crippen molar-refractivity contribution in [3.8, 4) is 5.75 Å². The second-order valence-electron chi connectivity index (χ2n) is 5.21. The van der Waals surface area contributed by atoms with Gasteiger partial charge in [-0.05, 0) is 44.4 Å². The molecule has 2 nitrogen and oxygen atoms in total. The predicted molar refractivity (Wildman–Crippen MR) is 71.3 cm³/mol. The van der Waals surface area contributed by atoms with Crippen LogP contribution in [-0.4, -0.2) is 19.2 Å². The van der Waals surface area contributed by atoms with Crippen LogP contribution in [0.4, 0.5) is 8.78 Å². The first-order valence-electron chi connectivity index (χ1n) is 6.93. The molecule has 0 spiro atoms. The zero-order valence-corrected chi connectivity index (χ0v) is 11.5. The number of benzene rings is 1. The SMILES string of the molecule is CCC1CCC(NC)C(Oc2ccc(F)cc2F)C1. The van der Waals surface area contributed by atoms with E-state index in [-0.39, 0.29) is 17.9 Å². The molecule has 1 aromatic rings. The van der Waals surface area contributed by atoms with Crippen LogP contribution in [0.5, 0.6) is 5.75 Å². The molecule has 0 aliphatic heterocycles. The van der Waals surface area contributed by atoms with Gasteiger partial charge in [-0.1, -0.05) is 13.3 Å². The summed E-state index contributed by atoms with van der Waals surface area (Å²) in [4.78, 5) is 0. The Balaban J connectivity index is 2.09. The second kappa shape index (κ2) is 6.33. The average Bonchev–Trinajstić information content (AvgIpc) is 2.41. The van der Waals surface area contributed by atoms with E-state index >= 15 is 0 Å². The molecule has 0 radical (unpaired) electrons. The molecular formula is C15H21F2NO. The summed E-state index contributed by atoms with van der Waals surface area (Å²) < 4.78 is 32.3. The van der Waals surface area contributed by atoms with E-state index in [1.165, 1.54) is 18.6 Å². The molecule has 0 amide bonds. The van der Waals surface area contributed by atoms with Crippen molar-refractivity contribution >= 4 is 0 Å². The van der Waals surface area contributed by atoms with Crippen LogP contribution in [0.1, 0.15) is 32.6 Å². The number of hydrogen-bond donors (Lipinski definition) is 1. The third kappa shape index (κ3) is 3.44. The fourth-order valence-electron chi connectivity index (χ4n) is 2.78. The molecular weight excluding hydrogens is 248 g/mol. The molecule has 0 saturated heterocycles. The van der Waals surface area contributed by atoms with Crippen molar-refractivity contribution in [2.45, 2.75) is 44.8 Å². The van der Waals surface area contributed by atoms with Gasteiger partial charge in [-0.15, -0.1) is 0 Å². The Bertz CT molecular complexity index is 425. The summed E-state index contributed by atoms with van der Waals surface area (Å²) in [6.45, 7) is 2.17. The summed E-state index contributed by atoms with van der Waals surface area (Å²) >= 11 is 0. The molecule has 19 heavy (non-hydrogen) atoms. The summed E-state index contributed by atoms with van der Waals surface area (Å²) in [7, 11) is 1.90. The third-order valence-corrected chi connectivity index (χ3v) is 4.02. The molecule has 3 unspecified atom stereocenters. The van der Waals surface area contributed by atoms with Crippen molar-refractivity contribution in [2.75, 3.05) is 7.05 Å². The van der Waals surface area contributed by atoms with Gasteiger partial charge in [-0.3, -0.25) is 0 Å². The van der Waals surface area contributed by atoms with Gasteiger partial charge in [0.25, 0.3) is 0 Å². The van der Waals surface area contributed by atoms with E-state index in [9.17, 15) is 8.78 Å².